The average molecular weight is 465 g/mol. The van der Waals surface area contributed by atoms with Crippen molar-refractivity contribution < 1.29 is 24.2 Å². The highest BCUT2D eigenvalue weighted by Gasteiger charge is 2.41. The Morgan fingerprint density at radius 3 is 2.62 bits per heavy atom. The van der Waals surface area contributed by atoms with Crippen molar-refractivity contribution >= 4 is 23.2 Å². The van der Waals surface area contributed by atoms with Crippen LogP contribution in [0.1, 0.15) is 44.5 Å². The largest absolute Gasteiger partial charge is 0.505 e. The number of likely N-dealkylation sites (tertiary alicyclic amines) is 1. The lowest BCUT2D eigenvalue weighted by Crippen LogP contribution is -2.52. The van der Waals surface area contributed by atoms with Gasteiger partial charge >= 0.3 is 0 Å². The Bertz CT molecular complexity index is 1010. The van der Waals surface area contributed by atoms with Crippen LogP contribution in [0.2, 0.25) is 0 Å². The summed E-state index contributed by atoms with van der Waals surface area (Å²) in [7, 11) is 0. The first kappa shape index (κ1) is 24.1. The first-order valence-electron chi connectivity index (χ1n) is 10.5. The molecule has 32 heavy (non-hydrogen) atoms. The van der Waals surface area contributed by atoms with Gasteiger partial charge in [-0.3, -0.25) is 9.59 Å². The van der Waals surface area contributed by atoms with Gasteiger partial charge in [-0.25, -0.2) is 9.37 Å². The quantitative estimate of drug-likeness (QED) is 0.518. The number of aliphatic hydroxyl groups excluding tert-OH is 1. The Kier molecular flexibility index (Phi) is 7.16. The Morgan fingerprint density at radius 2 is 2.03 bits per heavy atom. The molecule has 4 atom stereocenters. The molecule has 8 nitrogen and oxygen atoms in total. The fraction of sp³-hybridized carbons (Fsp3) is 0.500. The number of benzene rings is 1. The van der Waals surface area contributed by atoms with Crippen LogP contribution in [0.15, 0.2) is 17.6 Å². The van der Waals surface area contributed by atoms with E-state index in [1.54, 1.807) is 45.3 Å². The summed E-state index contributed by atoms with van der Waals surface area (Å²) in [5.74, 6) is -2.36. The minimum absolute atomic E-state index is 0.0223. The molecule has 1 aromatic carbocycles. The molecule has 1 aliphatic rings. The number of hydrogen-bond acceptors (Lipinski definition) is 7. The molecule has 2 aromatic rings. The van der Waals surface area contributed by atoms with Gasteiger partial charge in [0.25, 0.3) is 0 Å². The molecule has 2 amide bonds. The number of nitrogens with one attached hydrogen (secondary N) is 1. The van der Waals surface area contributed by atoms with Crippen LogP contribution in [0.3, 0.4) is 0 Å². The summed E-state index contributed by atoms with van der Waals surface area (Å²) in [6, 6.07) is 0.690. The van der Waals surface area contributed by atoms with Crippen molar-refractivity contribution in [3.8, 4) is 16.2 Å². The minimum Gasteiger partial charge on any atom is -0.505 e. The molecule has 0 radical (unpaired) electrons. The number of halogens is 1. The summed E-state index contributed by atoms with van der Waals surface area (Å²) in [6.07, 6.45) is -0.754. The first-order valence-corrected chi connectivity index (χ1v) is 11.4. The van der Waals surface area contributed by atoms with Gasteiger partial charge in [0.2, 0.25) is 11.8 Å². The van der Waals surface area contributed by atoms with Crippen LogP contribution in [0.4, 0.5) is 4.39 Å². The van der Waals surface area contributed by atoms with Crippen molar-refractivity contribution in [3.05, 3.63) is 34.7 Å². The SMILES string of the molecule is Cc1ncsc1-c1ccc([C@H](C)NC(=O)[C@@H]2C[C@@H](O)CN2C(=O)[C@@H](N)C(C)C)c(O)c1F. The summed E-state index contributed by atoms with van der Waals surface area (Å²) < 4.78 is 14.9. The zero-order valence-electron chi connectivity index (χ0n) is 18.5. The van der Waals surface area contributed by atoms with Crippen molar-refractivity contribution in [1.29, 1.82) is 0 Å². The second kappa shape index (κ2) is 9.51. The van der Waals surface area contributed by atoms with E-state index in [0.717, 1.165) is 0 Å². The Balaban J connectivity index is 1.78. The summed E-state index contributed by atoms with van der Waals surface area (Å²) in [6.45, 7) is 7.01. The number of β-amino-alcohol motifs (C(OH)–C–C–N with tert-alkyl or cyclic N) is 1. The number of rotatable bonds is 6. The second-order valence-corrected chi connectivity index (χ2v) is 9.38. The first-order chi connectivity index (χ1) is 15.0. The Morgan fingerprint density at radius 1 is 1.34 bits per heavy atom. The number of nitrogens with two attached hydrogens (primary N) is 1. The van der Waals surface area contributed by atoms with Crippen LogP contribution >= 0.6 is 11.3 Å². The lowest BCUT2D eigenvalue weighted by atomic mass is 10.0. The van der Waals surface area contributed by atoms with Gasteiger partial charge in [0, 0.05) is 24.1 Å². The number of hydrogen-bond donors (Lipinski definition) is 4. The van der Waals surface area contributed by atoms with E-state index in [9.17, 15) is 24.2 Å². The third-order valence-corrected chi connectivity index (χ3v) is 6.79. The van der Waals surface area contributed by atoms with E-state index in [-0.39, 0.29) is 30.0 Å². The van der Waals surface area contributed by atoms with Gasteiger partial charge in [-0.2, -0.15) is 0 Å². The van der Waals surface area contributed by atoms with Crippen LogP contribution in [-0.2, 0) is 9.59 Å². The van der Waals surface area contributed by atoms with Gasteiger partial charge in [-0.05, 0) is 25.8 Å². The van der Waals surface area contributed by atoms with Crippen molar-refractivity contribution in [2.45, 2.75) is 58.3 Å². The molecule has 1 aliphatic heterocycles. The van der Waals surface area contributed by atoms with E-state index >= 15 is 0 Å². The molecular weight excluding hydrogens is 435 g/mol. The highest BCUT2D eigenvalue weighted by atomic mass is 32.1. The molecule has 0 spiro atoms. The monoisotopic (exact) mass is 464 g/mol. The summed E-state index contributed by atoms with van der Waals surface area (Å²) in [4.78, 5) is 31.7. The van der Waals surface area contributed by atoms with Crippen molar-refractivity contribution in [2.24, 2.45) is 11.7 Å². The van der Waals surface area contributed by atoms with Gasteiger partial charge in [0.1, 0.15) is 6.04 Å². The zero-order valence-corrected chi connectivity index (χ0v) is 19.3. The predicted molar refractivity (Wildman–Crippen MR) is 119 cm³/mol. The molecular formula is C22H29FN4O4S. The number of aromatic hydroxyl groups is 1. The molecule has 1 saturated heterocycles. The standard InChI is InChI=1S/C22H29FN4O4S/c1-10(2)18(24)22(31)27-8-13(28)7-16(27)21(30)26-11(3)14-5-6-15(17(23)19(14)29)20-12(4)25-9-32-20/h5-6,9-11,13,16,18,28-29H,7-8,24H2,1-4H3,(H,26,30)/t11-,13+,16-,18-/m0/s1. The Hall–Kier alpha value is -2.56. The topological polar surface area (TPSA) is 129 Å². The smallest absolute Gasteiger partial charge is 0.243 e. The van der Waals surface area contributed by atoms with Crippen LogP contribution in [0.25, 0.3) is 10.4 Å². The fourth-order valence-corrected chi connectivity index (χ4v) is 4.66. The number of thiazole rings is 1. The molecule has 0 unspecified atom stereocenters. The Labute approximate surface area is 190 Å². The number of aromatic nitrogens is 1. The van der Waals surface area contributed by atoms with Crippen LogP contribution < -0.4 is 11.1 Å². The number of phenolic OH excluding ortho intramolecular Hbond substituents is 1. The normalized spacial score (nSPS) is 20.4. The van der Waals surface area contributed by atoms with E-state index in [0.29, 0.717) is 10.6 Å². The van der Waals surface area contributed by atoms with E-state index in [1.807, 2.05) is 0 Å². The molecule has 0 saturated carbocycles. The van der Waals surface area contributed by atoms with Crippen molar-refractivity contribution in [3.63, 3.8) is 0 Å². The van der Waals surface area contributed by atoms with E-state index in [2.05, 4.69) is 10.3 Å². The van der Waals surface area contributed by atoms with Gasteiger partial charge in [-0.1, -0.05) is 19.9 Å². The third kappa shape index (κ3) is 4.62. The molecule has 0 bridgehead atoms. The maximum absolute atomic E-state index is 14.9. The van der Waals surface area contributed by atoms with Crippen molar-refractivity contribution in [1.82, 2.24) is 15.2 Å². The summed E-state index contributed by atoms with van der Waals surface area (Å²) in [5.41, 5.74) is 8.67. The third-order valence-electron chi connectivity index (χ3n) is 5.83. The molecule has 2 heterocycles. The number of aliphatic hydroxyl groups is 1. The molecule has 174 valence electrons. The molecule has 0 aliphatic carbocycles. The highest BCUT2D eigenvalue weighted by molar-refractivity contribution is 7.13. The number of amides is 2. The van der Waals surface area contributed by atoms with Gasteiger partial charge in [0.05, 0.1) is 34.3 Å². The highest BCUT2D eigenvalue weighted by Crippen LogP contribution is 2.37. The van der Waals surface area contributed by atoms with Crippen molar-refractivity contribution in [2.75, 3.05) is 6.54 Å². The average Bonchev–Trinajstić information content (AvgIpc) is 3.34. The van der Waals surface area contributed by atoms with Crippen LogP contribution in [-0.4, -0.2) is 56.6 Å². The number of carbonyl (C=O) groups excluding carboxylic acids is 2. The summed E-state index contributed by atoms with van der Waals surface area (Å²) >= 11 is 1.27. The molecule has 10 heteroatoms. The van der Waals surface area contributed by atoms with Gasteiger partial charge in [-0.15, -0.1) is 11.3 Å². The lowest BCUT2D eigenvalue weighted by Gasteiger charge is -2.29. The molecule has 1 aromatic heterocycles. The number of nitrogens with zero attached hydrogens (tertiary/aromatic N) is 2. The van der Waals surface area contributed by atoms with Crippen LogP contribution in [0, 0.1) is 18.7 Å². The fourth-order valence-electron chi connectivity index (χ4n) is 3.83. The van der Waals surface area contributed by atoms with Gasteiger partial charge in [0.15, 0.2) is 11.6 Å². The van der Waals surface area contributed by atoms with E-state index in [4.69, 9.17) is 5.73 Å². The number of carbonyl (C=O) groups is 2. The maximum atomic E-state index is 14.9. The zero-order chi connectivity index (χ0) is 23.7. The maximum Gasteiger partial charge on any atom is 0.243 e. The molecule has 3 rings (SSSR count). The minimum atomic E-state index is -0.893. The number of phenols is 1. The van der Waals surface area contributed by atoms with E-state index < -0.39 is 47.6 Å². The van der Waals surface area contributed by atoms with Crippen LogP contribution in [0.5, 0.6) is 5.75 Å². The second-order valence-electron chi connectivity index (χ2n) is 8.53. The predicted octanol–water partition coefficient (Wildman–Crippen LogP) is 2.09. The summed E-state index contributed by atoms with van der Waals surface area (Å²) in [5, 5.41) is 23.2. The molecule has 5 N–H and O–H groups in total. The molecule has 1 fully saturated rings. The number of aryl methyl sites for hydroxylation is 1. The van der Waals surface area contributed by atoms with Gasteiger partial charge < -0.3 is 26.2 Å². The van der Waals surface area contributed by atoms with E-state index in [1.165, 1.54) is 16.2 Å². The lowest BCUT2D eigenvalue weighted by molar-refractivity contribution is -0.140.